The summed E-state index contributed by atoms with van der Waals surface area (Å²) in [4.78, 5) is 25.4. The molecule has 0 bridgehead atoms. The predicted octanol–water partition coefficient (Wildman–Crippen LogP) is 3.42. The molecule has 0 fully saturated rings. The van der Waals surface area contributed by atoms with E-state index in [0.29, 0.717) is 11.4 Å². The first-order valence-electron chi connectivity index (χ1n) is 8.36. The molecule has 0 unspecified atom stereocenters. The number of nitrogens with zero attached hydrogens (tertiary/aromatic N) is 2. The highest BCUT2D eigenvalue weighted by Gasteiger charge is 2.12. The number of hydrogen-bond acceptors (Lipinski definition) is 5. The molecule has 1 amide bonds. The van der Waals surface area contributed by atoms with Gasteiger partial charge >= 0.3 is 0 Å². The molecule has 0 aliphatic carbocycles. The number of carbonyl (C=O) groups is 1. The lowest BCUT2D eigenvalue weighted by Gasteiger charge is -2.10. The fourth-order valence-corrected chi connectivity index (χ4v) is 3.03. The molecule has 6 nitrogen and oxygen atoms in total. The van der Waals surface area contributed by atoms with E-state index in [4.69, 9.17) is 4.74 Å². The molecular weight excluding hydrogens is 381 g/mol. The molecule has 1 aromatic heterocycles. The van der Waals surface area contributed by atoms with Gasteiger partial charge in [0.05, 0.1) is 12.8 Å². The average Bonchev–Trinajstić information content (AvgIpc) is 2.69. The van der Waals surface area contributed by atoms with Gasteiger partial charge in [0.25, 0.3) is 5.56 Å². The van der Waals surface area contributed by atoms with Gasteiger partial charge in [0.1, 0.15) is 18.1 Å². The van der Waals surface area contributed by atoms with E-state index in [1.54, 1.807) is 23.9 Å². The molecule has 0 saturated carbocycles. The highest BCUT2D eigenvalue weighted by Crippen LogP contribution is 2.24. The smallest absolute Gasteiger partial charge is 0.267 e. The minimum atomic E-state index is -0.532. The lowest BCUT2D eigenvalue weighted by Crippen LogP contribution is -2.29. The first kappa shape index (κ1) is 19.6. The van der Waals surface area contributed by atoms with Crippen molar-refractivity contribution < 1.29 is 13.9 Å². The lowest BCUT2D eigenvalue weighted by molar-refractivity contribution is -0.117. The average molecular weight is 399 g/mol. The number of carbonyl (C=O) groups excluding carboxylic acids is 1. The van der Waals surface area contributed by atoms with Crippen LogP contribution in [0.25, 0.3) is 11.3 Å². The minimum absolute atomic E-state index is 0.211. The molecule has 144 valence electrons. The number of nitrogens with one attached hydrogen (secondary N) is 1. The van der Waals surface area contributed by atoms with E-state index >= 15 is 0 Å². The molecule has 0 radical (unpaired) electrons. The van der Waals surface area contributed by atoms with Crippen LogP contribution in [0, 0.1) is 5.82 Å². The first-order valence-corrected chi connectivity index (χ1v) is 9.58. The number of rotatable bonds is 6. The Bertz CT molecular complexity index is 1070. The van der Waals surface area contributed by atoms with Crippen molar-refractivity contribution in [1.29, 1.82) is 0 Å². The van der Waals surface area contributed by atoms with E-state index < -0.39 is 17.3 Å². The second-order valence-electron chi connectivity index (χ2n) is 5.84. The van der Waals surface area contributed by atoms with Crippen molar-refractivity contribution in [3.63, 3.8) is 0 Å². The molecule has 0 saturated heterocycles. The predicted molar refractivity (Wildman–Crippen MR) is 107 cm³/mol. The van der Waals surface area contributed by atoms with Crippen LogP contribution in [-0.4, -0.2) is 29.1 Å². The van der Waals surface area contributed by atoms with Crippen molar-refractivity contribution in [2.24, 2.45) is 0 Å². The Morgan fingerprint density at radius 3 is 2.75 bits per heavy atom. The number of thioether (sulfide) groups is 1. The van der Waals surface area contributed by atoms with E-state index in [1.807, 2.05) is 24.5 Å². The Balaban J connectivity index is 1.81. The summed E-state index contributed by atoms with van der Waals surface area (Å²) in [7, 11) is 1.44. The van der Waals surface area contributed by atoms with Crippen LogP contribution in [0.2, 0.25) is 0 Å². The van der Waals surface area contributed by atoms with Gasteiger partial charge in [-0.05, 0) is 42.7 Å². The van der Waals surface area contributed by atoms with Gasteiger partial charge < -0.3 is 10.1 Å². The fourth-order valence-electron chi connectivity index (χ4n) is 2.57. The van der Waals surface area contributed by atoms with Crippen molar-refractivity contribution in [3.05, 3.63) is 70.8 Å². The molecule has 0 spiro atoms. The molecule has 0 atom stereocenters. The highest BCUT2D eigenvalue weighted by atomic mass is 32.2. The summed E-state index contributed by atoms with van der Waals surface area (Å²) in [6, 6.07) is 14.4. The molecule has 1 N–H and O–H groups in total. The van der Waals surface area contributed by atoms with Crippen LogP contribution in [0.3, 0.4) is 0 Å². The molecule has 28 heavy (non-hydrogen) atoms. The quantitative estimate of drug-likeness (QED) is 0.643. The van der Waals surface area contributed by atoms with Crippen LogP contribution in [0.15, 0.2) is 64.3 Å². The van der Waals surface area contributed by atoms with Crippen molar-refractivity contribution in [3.8, 4) is 17.0 Å². The normalized spacial score (nSPS) is 10.5. The van der Waals surface area contributed by atoms with E-state index in [9.17, 15) is 14.0 Å². The zero-order valence-corrected chi connectivity index (χ0v) is 16.1. The third kappa shape index (κ3) is 4.58. The SMILES string of the molecule is COc1ccc(-c2ccc(=O)n(CC(=O)Nc3cccc(SC)c3)n2)c(F)c1. The Hall–Kier alpha value is -3.13. The number of anilines is 1. The maximum atomic E-state index is 14.3. The summed E-state index contributed by atoms with van der Waals surface area (Å²) in [6.45, 7) is -0.284. The summed E-state index contributed by atoms with van der Waals surface area (Å²) in [5, 5.41) is 6.87. The van der Waals surface area contributed by atoms with Crippen molar-refractivity contribution in [1.82, 2.24) is 9.78 Å². The van der Waals surface area contributed by atoms with Crippen LogP contribution >= 0.6 is 11.8 Å². The number of halogens is 1. The van der Waals surface area contributed by atoms with E-state index in [2.05, 4.69) is 10.4 Å². The van der Waals surface area contributed by atoms with E-state index in [-0.39, 0.29) is 17.8 Å². The van der Waals surface area contributed by atoms with Gasteiger partial charge in [0.2, 0.25) is 5.91 Å². The zero-order chi connectivity index (χ0) is 20.1. The van der Waals surface area contributed by atoms with Gasteiger partial charge in [0, 0.05) is 28.3 Å². The van der Waals surface area contributed by atoms with Crippen LogP contribution in [0.1, 0.15) is 0 Å². The summed E-state index contributed by atoms with van der Waals surface area (Å²) in [6.07, 6.45) is 1.94. The third-order valence-corrected chi connectivity index (χ3v) is 4.69. The third-order valence-electron chi connectivity index (χ3n) is 3.97. The summed E-state index contributed by atoms with van der Waals surface area (Å²) >= 11 is 1.56. The largest absolute Gasteiger partial charge is 0.497 e. The van der Waals surface area contributed by atoms with Crippen molar-refractivity contribution >= 4 is 23.4 Å². The molecule has 0 aliphatic rings. The van der Waals surface area contributed by atoms with Crippen LogP contribution in [-0.2, 0) is 11.3 Å². The number of benzene rings is 2. The molecule has 0 aliphatic heterocycles. The van der Waals surface area contributed by atoms with Gasteiger partial charge in [-0.1, -0.05) is 6.07 Å². The molecule has 3 rings (SSSR count). The van der Waals surface area contributed by atoms with Gasteiger partial charge in [-0.3, -0.25) is 9.59 Å². The Morgan fingerprint density at radius 1 is 1.21 bits per heavy atom. The van der Waals surface area contributed by atoms with Crippen molar-refractivity contribution in [2.45, 2.75) is 11.4 Å². The zero-order valence-electron chi connectivity index (χ0n) is 15.3. The standard InChI is InChI=1S/C20H18FN3O3S/c1-27-14-6-7-16(17(21)11-14)18-8-9-20(26)24(23-18)12-19(25)22-13-4-3-5-15(10-13)28-2/h3-11H,12H2,1-2H3,(H,22,25). The summed E-state index contributed by atoms with van der Waals surface area (Å²) < 4.78 is 20.3. The first-order chi connectivity index (χ1) is 13.5. The number of amides is 1. The maximum absolute atomic E-state index is 14.3. The van der Waals surface area contributed by atoms with Gasteiger partial charge in [-0.15, -0.1) is 11.8 Å². The molecule has 3 aromatic rings. The van der Waals surface area contributed by atoms with Gasteiger partial charge in [-0.25, -0.2) is 9.07 Å². The van der Waals surface area contributed by atoms with Crippen LogP contribution < -0.4 is 15.6 Å². The summed E-state index contributed by atoms with van der Waals surface area (Å²) in [5.74, 6) is -0.558. The number of aromatic nitrogens is 2. The van der Waals surface area contributed by atoms with Gasteiger partial charge in [-0.2, -0.15) is 5.10 Å². The number of methoxy groups -OCH3 is 1. The Kier molecular flexibility index (Phi) is 6.10. The Morgan fingerprint density at radius 2 is 2.04 bits per heavy atom. The molecule has 1 heterocycles. The van der Waals surface area contributed by atoms with E-state index in [1.165, 1.54) is 31.4 Å². The molecule has 2 aromatic carbocycles. The second kappa shape index (κ2) is 8.71. The monoisotopic (exact) mass is 399 g/mol. The van der Waals surface area contributed by atoms with Crippen LogP contribution in [0.5, 0.6) is 5.75 Å². The number of ether oxygens (including phenoxy) is 1. The van der Waals surface area contributed by atoms with Gasteiger partial charge in [0.15, 0.2) is 0 Å². The lowest BCUT2D eigenvalue weighted by atomic mass is 10.1. The highest BCUT2D eigenvalue weighted by molar-refractivity contribution is 7.98. The maximum Gasteiger partial charge on any atom is 0.267 e. The fraction of sp³-hybridized carbons (Fsp3) is 0.150. The second-order valence-corrected chi connectivity index (χ2v) is 6.72. The van der Waals surface area contributed by atoms with Crippen molar-refractivity contribution in [2.75, 3.05) is 18.7 Å². The minimum Gasteiger partial charge on any atom is -0.497 e. The van der Waals surface area contributed by atoms with Crippen LogP contribution in [0.4, 0.5) is 10.1 Å². The molecular formula is C20H18FN3O3S. The van der Waals surface area contributed by atoms with E-state index in [0.717, 1.165) is 9.58 Å². The Labute approximate surface area is 165 Å². The number of hydrogen-bond donors (Lipinski definition) is 1. The topological polar surface area (TPSA) is 73.2 Å². The summed E-state index contributed by atoms with van der Waals surface area (Å²) in [5.41, 5.74) is 0.632. The molecule has 8 heteroatoms.